The van der Waals surface area contributed by atoms with Gasteiger partial charge in [0.25, 0.3) is 0 Å². The first-order valence-corrected chi connectivity index (χ1v) is 15.0. The van der Waals surface area contributed by atoms with E-state index in [2.05, 4.69) is 11.4 Å². The smallest absolute Gasteiger partial charge is 0.240 e. The Morgan fingerprint density at radius 2 is 1.90 bits per heavy atom. The molecule has 0 aliphatic carbocycles. The second-order valence-electron chi connectivity index (χ2n) is 9.38. The maximum atomic E-state index is 13.7. The molecule has 5 aromatic rings. The number of benzene rings is 2. The lowest BCUT2D eigenvalue weighted by atomic mass is 10.0. The van der Waals surface area contributed by atoms with E-state index in [0.29, 0.717) is 16.6 Å². The molecule has 0 radical (unpaired) electrons. The zero-order valence-electron chi connectivity index (χ0n) is 21.5. The summed E-state index contributed by atoms with van der Waals surface area (Å²) in [5.74, 6) is 1.00. The number of halogens is 1. The van der Waals surface area contributed by atoms with E-state index >= 15 is 0 Å². The molecule has 2 amide bonds. The van der Waals surface area contributed by atoms with Gasteiger partial charge in [0.1, 0.15) is 18.1 Å². The Morgan fingerprint density at radius 3 is 2.60 bits per heavy atom. The number of nitrogens with one attached hydrogen (secondary N) is 1. The van der Waals surface area contributed by atoms with Gasteiger partial charge in [-0.1, -0.05) is 47.5 Å². The average molecular weight is 589 g/mol. The first-order valence-electron chi connectivity index (χ1n) is 12.7. The van der Waals surface area contributed by atoms with E-state index < -0.39 is 0 Å². The van der Waals surface area contributed by atoms with Crippen LogP contribution < -0.4 is 10.2 Å². The summed E-state index contributed by atoms with van der Waals surface area (Å²) in [6.07, 6.45) is 1.56. The summed E-state index contributed by atoms with van der Waals surface area (Å²) in [5.41, 5.74) is 4.42. The minimum absolute atomic E-state index is 0.151. The van der Waals surface area contributed by atoms with Gasteiger partial charge in [0, 0.05) is 21.0 Å². The van der Waals surface area contributed by atoms with Gasteiger partial charge in [-0.05, 0) is 54.8 Å². The summed E-state index contributed by atoms with van der Waals surface area (Å²) in [7, 11) is 0. The van der Waals surface area contributed by atoms with Gasteiger partial charge in [-0.2, -0.15) is 5.10 Å². The molecule has 1 aliphatic heterocycles. The number of thioether (sulfide) groups is 1. The summed E-state index contributed by atoms with van der Waals surface area (Å²) in [6, 6.07) is 23.2. The number of carbonyl (C=O) groups is 2. The molecule has 0 saturated carbocycles. The molecule has 1 atom stereocenters. The van der Waals surface area contributed by atoms with Gasteiger partial charge in [-0.25, -0.2) is 4.68 Å². The molecular weight excluding hydrogens is 564 g/mol. The largest absolute Gasteiger partial charge is 0.467 e. The number of hydrogen-bond acceptors (Lipinski definition) is 6. The molecule has 7 nitrogen and oxygen atoms in total. The fraction of sp³-hybridized carbons (Fsp3) is 0.167. The quantitative estimate of drug-likeness (QED) is 0.230. The van der Waals surface area contributed by atoms with Gasteiger partial charge < -0.3 is 9.73 Å². The Morgan fingerprint density at radius 1 is 1.10 bits per heavy atom. The van der Waals surface area contributed by atoms with Crippen molar-refractivity contribution in [2.24, 2.45) is 0 Å². The molecule has 1 aliphatic rings. The number of furan rings is 1. The molecule has 3 aromatic heterocycles. The zero-order valence-corrected chi connectivity index (χ0v) is 23.9. The molecule has 0 bridgehead atoms. The van der Waals surface area contributed by atoms with E-state index in [9.17, 15) is 9.59 Å². The Kier molecular flexibility index (Phi) is 7.51. The van der Waals surface area contributed by atoms with Crippen molar-refractivity contribution in [1.82, 2.24) is 15.1 Å². The summed E-state index contributed by atoms with van der Waals surface area (Å²) >= 11 is 9.42. The van der Waals surface area contributed by atoms with Crippen LogP contribution in [0.2, 0.25) is 5.02 Å². The number of anilines is 1. The SMILES string of the molecule is Cc1ccc(-n2nc(-c3ccc(Cl)cc3)c3c2N(CC(=O)NCc2ccco2)C(=O)CSC3c2cccs2)cc1. The highest BCUT2D eigenvalue weighted by molar-refractivity contribution is 8.00. The fourth-order valence-corrected chi connectivity index (χ4v) is 6.97. The Labute approximate surface area is 244 Å². The maximum absolute atomic E-state index is 13.7. The van der Waals surface area contributed by atoms with Crippen LogP contribution in [0.15, 0.2) is 88.9 Å². The molecule has 1 unspecified atom stereocenters. The topological polar surface area (TPSA) is 80.4 Å². The minimum Gasteiger partial charge on any atom is -0.467 e. The number of aromatic nitrogens is 2. The molecule has 1 N–H and O–H groups in total. The van der Waals surface area contributed by atoms with E-state index in [1.165, 1.54) is 0 Å². The van der Waals surface area contributed by atoms with Crippen molar-refractivity contribution < 1.29 is 14.0 Å². The van der Waals surface area contributed by atoms with Crippen LogP contribution in [0, 0.1) is 6.92 Å². The Bertz CT molecular complexity index is 1630. The fourth-order valence-electron chi connectivity index (χ4n) is 4.67. The molecule has 4 heterocycles. The number of aryl methyl sites for hydroxylation is 1. The number of carbonyl (C=O) groups excluding carboxylic acids is 2. The lowest BCUT2D eigenvalue weighted by molar-refractivity contribution is -0.123. The van der Waals surface area contributed by atoms with E-state index in [1.54, 1.807) is 51.1 Å². The molecule has 2 aromatic carbocycles. The second-order valence-corrected chi connectivity index (χ2v) is 11.9. The number of hydrogen-bond donors (Lipinski definition) is 1. The number of thiophene rings is 1. The van der Waals surface area contributed by atoms with Crippen LogP contribution in [0.3, 0.4) is 0 Å². The standard InChI is InChI=1S/C30H25ClN4O3S2/c1-19-6-12-22(13-7-19)35-30-27(28(33-35)20-8-10-21(31)11-9-20)29(24-5-3-15-39-24)40-18-26(37)34(30)17-25(36)32-16-23-4-2-14-38-23/h2-15,29H,16-18H2,1H3,(H,32,36). The van der Waals surface area contributed by atoms with Crippen LogP contribution in [0.4, 0.5) is 5.82 Å². The molecule has 6 rings (SSSR count). The first kappa shape index (κ1) is 26.4. The minimum atomic E-state index is -0.292. The van der Waals surface area contributed by atoms with Gasteiger partial charge in [0.2, 0.25) is 11.8 Å². The highest BCUT2D eigenvalue weighted by Crippen LogP contribution is 2.49. The van der Waals surface area contributed by atoms with Crippen LogP contribution in [-0.2, 0) is 16.1 Å². The molecule has 40 heavy (non-hydrogen) atoms. The molecule has 10 heteroatoms. The number of fused-ring (bicyclic) bond motifs is 1. The second kappa shape index (κ2) is 11.4. The van der Waals surface area contributed by atoms with Gasteiger partial charge in [-0.15, -0.1) is 23.1 Å². The summed E-state index contributed by atoms with van der Waals surface area (Å²) in [6.45, 7) is 2.11. The summed E-state index contributed by atoms with van der Waals surface area (Å²) in [4.78, 5) is 29.6. The van der Waals surface area contributed by atoms with E-state index in [-0.39, 0.29) is 35.9 Å². The molecule has 202 valence electrons. The third-order valence-corrected chi connectivity index (χ3v) is 9.20. The third-order valence-electron chi connectivity index (χ3n) is 6.63. The monoisotopic (exact) mass is 588 g/mol. The Balaban J connectivity index is 1.52. The van der Waals surface area contributed by atoms with Crippen molar-refractivity contribution in [2.45, 2.75) is 18.7 Å². The van der Waals surface area contributed by atoms with Crippen molar-refractivity contribution >= 4 is 52.3 Å². The lowest BCUT2D eigenvalue weighted by Crippen LogP contribution is -2.42. The highest BCUT2D eigenvalue weighted by Gasteiger charge is 2.38. The summed E-state index contributed by atoms with van der Waals surface area (Å²) in [5, 5.41) is 10.5. The van der Waals surface area contributed by atoms with Crippen LogP contribution in [0.25, 0.3) is 16.9 Å². The zero-order chi connectivity index (χ0) is 27.6. The van der Waals surface area contributed by atoms with Gasteiger partial charge in [0.05, 0.1) is 35.2 Å². The van der Waals surface area contributed by atoms with Crippen molar-refractivity contribution in [3.05, 3.63) is 111 Å². The first-order chi connectivity index (χ1) is 19.5. The van der Waals surface area contributed by atoms with Gasteiger partial charge >= 0.3 is 0 Å². The summed E-state index contributed by atoms with van der Waals surface area (Å²) < 4.78 is 7.15. The van der Waals surface area contributed by atoms with Crippen molar-refractivity contribution in [3.63, 3.8) is 0 Å². The van der Waals surface area contributed by atoms with Gasteiger partial charge in [-0.3, -0.25) is 14.5 Å². The predicted octanol–water partition coefficient (Wildman–Crippen LogP) is 6.64. The average Bonchev–Trinajstić information content (AvgIpc) is 3.73. The molecule has 0 spiro atoms. The number of nitrogens with zero attached hydrogens (tertiary/aromatic N) is 3. The normalized spacial score (nSPS) is 15.1. The van der Waals surface area contributed by atoms with Crippen molar-refractivity contribution in [1.29, 1.82) is 0 Å². The maximum Gasteiger partial charge on any atom is 0.240 e. The lowest BCUT2D eigenvalue weighted by Gasteiger charge is -2.23. The van der Waals surface area contributed by atoms with E-state index in [0.717, 1.165) is 32.9 Å². The van der Waals surface area contributed by atoms with Crippen LogP contribution in [-0.4, -0.2) is 33.9 Å². The van der Waals surface area contributed by atoms with Crippen LogP contribution >= 0.6 is 34.7 Å². The molecule has 0 saturated heterocycles. The van der Waals surface area contributed by atoms with E-state index in [1.807, 2.05) is 66.9 Å². The van der Waals surface area contributed by atoms with E-state index in [4.69, 9.17) is 21.1 Å². The van der Waals surface area contributed by atoms with Crippen molar-refractivity contribution in [2.75, 3.05) is 17.2 Å². The Hall–Kier alpha value is -3.79. The van der Waals surface area contributed by atoms with Crippen molar-refractivity contribution in [3.8, 4) is 16.9 Å². The third kappa shape index (κ3) is 5.32. The number of rotatable bonds is 7. The number of amides is 2. The van der Waals surface area contributed by atoms with Crippen LogP contribution in [0.5, 0.6) is 0 Å². The highest BCUT2D eigenvalue weighted by atomic mass is 35.5. The molecular formula is C30H25ClN4O3S2. The van der Waals surface area contributed by atoms with Crippen LogP contribution in [0.1, 0.15) is 27.0 Å². The molecule has 0 fully saturated rings. The predicted molar refractivity (Wildman–Crippen MR) is 160 cm³/mol. The van der Waals surface area contributed by atoms with Gasteiger partial charge in [0.15, 0.2) is 0 Å².